The Labute approximate surface area is 114 Å². The topological polar surface area (TPSA) is 60.2 Å². The number of aromatic nitrogens is 3. The first kappa shape index (κ1) is 12.6. The van der Waals surface area contributed by atoms with Crippen molar-refractivity contribution in [3.8, 4) is 5.75 Å². The van der Waals surface area contributed by atoms with Crippen LogP contribution in [0, 0.1) is 5.82 Å². The van der Waals surface area contributed by atoms with Crippen molar-refractivity contribution in [3.05, 3.63) is 42.2 Å². The molecule has 7 heteroatoms. The van der Waals surface area contributed by atoms with Crippen molar-refractivity contribution >= 4 is 5.91 Å². The molecule has 0 spiro atoms. The van der Waals surface area contributed by atoms with Crippen LogP contribution in [0.2, 0.25) is 0 Å². The minimum Gasteiger partial charge on any atom is -0.484 e. The first-order valence-electron chi connectivity index (χ1n) is 6.25. The normalized spacial score (nSPS) is 13.9. The number of ether oxygens (including phenoxy) is 1. The van der Waals surface area contributed by atoms with Crippen molar-refractivity contribution in [2.75, 3.05) is 13.2 Å². The van der Waals surface area contributed by atoms with Gasteiger partial charge in [-0.1, -0.05) is 6.07 Å². The third-order valence-corrected chi connectivity index (χ3v) is 3.12. The molecule has 0 fully saturated rings. The van der Waals surface area contributed by atoms with Crippen LogP contribution in [-0.4, -0.2) is 38.7 Å². The third-order valence-electron chi connectivity index (χ3n) is 3.12. The number of halogens is 1. The van der Waals surface area contributed by atoms with Gasteiger partial charge < -0.3 is 9.64 Å². The van der Waals surface area contributed by atoms with Crippen LogP contribution in [-0.2, 0) is 17.9 Å². The van der Waals surface area contributed by atoms with Crippen molar-refractivity contribution in [2.45, 2.75) is 13.1 Å². The monoisotopic (exact) mass is 276 g/mol. The maximum Gasteiger partial charge on any atom is 0.260 e. The summed E-state index contributed by atoms with van der Waals surface area (Å²) in [5.41, 5.74) is 0. The summed E-state index contributed by atoms with van der Waals surface area (Å²) in [5, 5.41) is 4.05. The first-order valence-corrected chi connectivity index (χ1v) is 6.25. The van der Waals surface area contributed by atoms with Crippen LogP contribution in [0.3, 0.4) is 0 Å². The highest BCUT2D eigenvalue weighted by molar-refractivity contribution is 5.77. The van der Waals surface area contributed by atoms with Crippen LogP contribution in [0.25, 0.3) is 0 Å². The molecular formula is C13H13FN4O2. The second kappa shape index (κ2) is 5.28. The van der Waals surface area contributed by atoms with E-state index in [1.54, 1.807) is 21.7 Å². The van der Waals surface area contributed by atoms with Crippen LogP contribution in [0.5, 0.6) is 5.75 Å². The number of nitrogens with zero attached hydrogens (tertiary/aromatic N) is 4. The summed E-state index contributed by atoms with van der Waals surface area (Å²) in [6, 6.07) is 5.73. The van der Waals surface area contributed by atoms with Gasteiger partial charge in [0.25, 0.3) is 5.91 Å². The SMILES string of the molecule is O=C(COc1cccc(F)c1)N1CCn2ncnc2C1. The molecule has 104 valence electrons. The smallest absolute Gasteiger partial charge is 0.260 e. The largest absolute Gasteiger partial charge is 0.484 e. The summed E-state index contributed by atoms with van der Waals surface area (Å²) in [6.07, 6.45) is 1.48. The van der Waals surface area contributed by atoms with Gasteiger partial charge in [0, 0.05) is 12.6 Å². The molecule has 20 heavy (non-hydrogen) atoms. The van der Waals surface area contributed by atoms with E-state index in [9.17, 15) is 9.18 Å². The number of fused-ring (bicyclic) bond motifs is 1. The fourth-order valence-corrected chi connectivity index (χ4v) is 2.07. The molecule has 1 aromatic heterocycles. The van der Waals surface area contributed by atoms with E-state index in [-0.39, 0.29) is 18.3 Å². The summed E-state index contributed by atoms with van der Waals surface area (Å²) in [7, 11) is 0. The lowest BCUT2D eigenvalue weighted by Gasteiger charge is -2.26. The van der Waals surface area contributed by atoms with Crippen LogP contribution in [0.4, 0.5) is 4.39 Å². The second-order valence-electron chi connectivity index (χ2n) is 4.46. The van der Waals surface area contributed by atoms with Gasteiger partial charge >= 0.3 is 0 Å². The highest BCUT2D eigenvalue weighted by Crippen LogP contribution is 2.13. The van der Waals surface area contributed by atoms with Crippen LogP contribution >= 0.6 is 0 Å². The van der Waals surface area contributed by atoms with E-state index in [2.05, 4.69) is 10.1 Å². The number of carbonyl (C=O) groups is 1. The molecule has 1 aliphatic rings. The molecular weight excluding hydrogens is 263 g/mol. The lowest BCUT2D eigenvalue weighted by atomic mass is 10.3. The summed E-state index contributed by atoms with van der Waals surface area (Å²) in [5.74, 6) is 0.568. The molecule has 3 rings (SSSR count). The zero-order valence-corrected chi connectivity index (χ0v) is 10.7. The average Bonchev–Trinajstić information content (AvgIpc) is 2.92. The highest BCUT2D eigenvalue weighted by Gasteiger charge is 2.22. The predicted octanol–water partition coefficient (Wildman–Crippen LogP) is 0.838. The van der Waals surface area contributed by atoms with Crippen molar-refractivity contribution in [1.82, 2.24) is 19.7 Å². The van der Waals surface area contributed by atoms with Gasteiger partial charge in [-0.05, 0) is 12.1 Å². The Morgan fingerprint density at radius 3 is 3.15 bits per heavy atom. The summed E-state index contributed by atoms with van der Waals surface area (Å²) < 4.78 is 20.1. The Balaban J connectivity index is 1.58. The molecule has 0 unspecified atom stereocenters. The predicted molar refractivity (Wildman–Crippen MR) is 67.3 cm³/mol. The zero-order valence-electron chi connectivity index (χ0n) is 10.7. The Morgan fingerprint density at radius 2 is 2.30 bits per heavy atom. The first-order chi connectivity index (χ1) is 9.72. The van der Waals surface area contributed by atoms with Gasteiger partial charge in [0.1, 0.15) is 23.7 Å². The zero-order chi connectivity index (χ0) is 13.9. The van der Waals surface area contributed by atoms with E-state index in [1.165, 1.54) is 18.5 Å². The molecule has 1 amide bonds. The number of hydrogen-bond donors (Lipinski definition) is 0. The van der Waals surface area contributed by atoms with Crippen molar-refractivity contribution in [3.63, 3.8) is 0 Å². The molecule has 0 atom stereocenters. The fraction of sp³-hybridized carbons (Fsp3) is 0.308. The van der Waals surface area contributed by atoms with Gasteiger partial charge in [-0.25, -0.2) is 14.1 Å². The summed E-state index contributed by atoms with van der Waals surface area (Å²) in [4.78, 5) is 17.8. The average molecular weight is 276 g/mol. The van der Waals surface area contributed by atoms with E-state index < -0.39 is 0 Å². The van der Waals surface area contributed by atoms with Gasteiger partial charge in [-0.2, -0.15) is 5.10 Å². The van der Waals surface area contributed by atoms with E-state index in [0.717, 1.165) is 5.82 Å². The van der Waals surface area contributed by atoms with Crippen LogP contribution < -0.4 is 4.74 Å². The Hall–Kier alpha value is -2.44. The Morgan fingerprint density at radius 1 is 1.40 bits per heavy atom. The number of benzene rings is 1. The van der Waals surface area contributed by atoms with E-state index in [4.69, 9.17) is 4.74 Å². The number of hydrogen-bond acceptors (Lipinski definition) is 4. The molecule has 0 aliphatic carbocycles. The van der Waals surface area contributed by atoms with Gasteiger partial charge in [0.15, 0.2) is 6.61 Å². The summed E-state index contributed by atoms with van der Waals surface area (Å²) in [6.45, 7) is 1.51. The lowest BCUT2D eigenvalue weighted by molar-refractivity contribution is -0.135. The number of amides is 1. The van der Waals surface area contributed by atoms with E-state index in [1.807, 2.05) is 0 Å². The Bertz CT molecular complexity index is 628. The maximum absolute atomic E-state index is 13.0. The van der Waals surface area contributed by atoms with Crippen molar-refractivity contribution in [2.24, 2.45) is 0 Å². The highest BCUT2D eigenvalue weighted by atomic mass is 19.1. The molecule has 0 saturated heterocycles. The van der Waals surface area contributed by atoms with Gasteiger partial charge in [0.2, 0.25) is 0 Å². The Kier molecular flexibility index (Phi) is 3.32. The molecule has 1 aliphatic heterocycles. The molecule has 2 aromatic rings. The fourth-order valence-electron chi connectivity index (χ4n) is 2.07. The maximum atomic E-state index is 13.0. The second-order valence-corrected chi connectivity index (χ2v) is 4.46. The lowest BCUT2D eigenvalue weighted by Crippen LogP contribution is -2.41. The molecule has 6 nitrogen and oxygen atoms in total. The number of carbonyl (C=O) groups excluding carboxylic acids is 1. The molecule has 0 N–H and O–H groups in total. The summed E-state index contributed by atoms with van der Waals surface area (Å²) >= 11 is 0. The minimum absolute atomic E-state index is 0.114. The quantitative estimate of drug-likeness (QED) is 0.833. The third kappa shape index (κ3) is 2.61. The van der Waals surface area contributed by atoms with Gasteiger partial charge in [-0.15, -0.1) is 0 Å². The molecule has 0 bridgehead atoms. The van der Waals surface area contributed by atoms with Crippen molar-refractivity contribution in [1.29, 1.82) is 0 Å². The number of rotatable bonds is 3. The van der Waals surface area contributed by atoms with Gasteiger partial charge in [0.05, 0.1) is 13.1 Å². The molecule has 2 heterocycles. The minimum atomic E-state index is -0.388. The van der Waals surface area contributed by atoms with Gasteiger partial charge in [-0.3, -0.25) is 4.79 Å². The molecule has 0 radical (unpaired) electrons. The standard InChI is InChI=1S/C13H13FN4O2/c14-10-2-1-3-11(6-10)20-8-13(19)17-4-5-18-12(7-17)15-9-16-18/h1-3,6,9H,4-5,7-8H2. The van der Waals surface area contributed by atoms with E-state index in [0.29, 0.717) is 25.4 Å². The molecule has 1 aromatic carbocycles. The van der Waals surface area contributed by atoms with Crippen LogP contribution in [0.15, 0.2) is 30.6 Å². The van der Waals surface area contributed by atoms with Crippen molar-refractivity contribution < 1.29 is 13.9 Å². The van der Waals surface area contributed by atoms with Crippen LogP contribution in [0.1, 0.15) is 5.82 Å². The molecule has 0 saturated carbocycles. The van der Waals surface area contributed by atoms with E-state index >= 15 is 0 Å².